The minimum atomic E-state index is 0.609. The average molecular weight is 364 g/mol. The van der Waals surface area contributed by atoms with E-state index in [0.717, 1.165) is 70.5 Å². The summed E-state index contributed by atoms with van der Waals surface area (Å²) in [6.45, 7) is 9.98. The average Bonchev–Trinajstić information content (AvgIpc) is 2.69. The van der Waals surface area contributed by atoms with Crippen LogP contribution in [-0.2, 0) is 4.74 Å². The highest BCUT2D eigenvalue weighted by molar-refractivity contribution is 5.73. The number of nitrogens with two attached hydrogens (primary N) is 1. The molecule has 8 nitrogen and oxygen atoms in total. The summed E-state index contributed by atoms with van der Waals surface area (Å²) in [4.78, 5) is 13.5. The van der Waals surface area contributed by atoms with E-state index in [9.17, 15) is 0 Å². The summed E-state index contributed by atoms with van der Waals surface area (Å²) in [5.41, 5.74) is 6.85. The molecule has 0 spiro atoms. The van der Waals surface area contributed by atoms with Gasteiger partial charge in [0, 0.05) is 32.7 Å². The van der Waals surface area contributed by atoms with Crippen LogP contribution >= 0.6 is 0 Å². The Balaban J connectivity index is 1.38. The number of nitrogens with one attached hydrogen (secondary N) is 2. The van der Waals surface area contributed by atoms with Crippen LogP contribution in [0.2, 0.25) is 0 Å². The van der Waals surface area contributed by atoms with E-state index < -0.39 is 0 Å². The third kappa shape index (κ3) is 5.96. The molecule has 8 heteroatoms. The molecular formula is C18H33N7O. The Morgan fingerprint density at radius 3 is 2.27 bits per heavy atom. The summed E-state index contributed by atoms with van der Waals surface area (Å²) in [6, 6.07) is 0. The number of nitrogens with zero attached hydrogens (tertiary/aromatic N) is 4. The Bertz CT molecular complexity index is 530. The van der Waals surface area contributed by atoms with E-state index in [1.165, 1.54) is 32.4 Å². The SMILES string of the molecule is Nc1c(NCCCN2CCOCC2)ncnc1NCCN1CCCCC1. The van der Waals surface area contributed by atoms with Crippen LogP contribution < -0.4 is 16.4 Å². The number of hydrogen-bond acceptors (Lipinski definition) is 8. The molecule has 2 saturated heterocycles. The van der Waals surface area contributed by atoms with Gasteiger partial charge < -0.3 is 26.0 Å². The topological polar surface area (TPSA) is 91.6 Å². The highest BCUT2D eigenvalue weighted by atomic mass is 16.5. The van der Waals surface area contributed by atoms with Crippen molar-refractivity contribution in [1.82, 2.24) is 19.8 Å². The second kappa shape index (κ2) is 10.5. The van der Waals surface area contributed by atoms with Crippen molar-refractivity contribution in [3.05, 3.63) is 6.33 Å². The standard InChI is InChI=1S/C18H33N7O/c19-16-17(20-5-4-9-25-11-13-26-14-12-25)22-15-23-18(16)21-6-10-24-7-2-1-3-8-24/h15H,1-14,19H2,(H2,20,21,22,23). The molecule has 0 bridgehead atoms. The molecule has 3 rings (SSSR count). The molecule has 26 heavy (non-hydrogen) atoms. The Kier molecular flexibility index (Phi) is 7.72. The van der Waals surface area contributed by atoms with E-state index >= 15 is 0 Å². The monoisotopic (exact) mass is 363 g/mol. The lowest BCUT2D eigenvalue weighted by Gasteiger charge is -2.26. The number of anilines is 3. The van der Waals surface area contributed by atoms with E-state index in [2.05, 4.69) is 30.4 Å². The highest BCUT2D eigenvalue weighted by Crippen LogP contribution is 2.22. The first-order valence-corrected chi connectivity index (χ1v) is 9.93. The molecule has 0 radical (unpaired) electrons. The Morgan fingerprint density at radius 1 is 0.885 bits per heavy atom. The number of aromatic nitrogens is 2. The van der Waals surface area contributed by atoms with E-state index in [1.54, 1.807) is 6.33 Å². The summed E-state index contributed by atoms with van der Waals surface area (Å²) in [7, 11) is 0. The second-order valence-corrected chi connectivity index (χ2v) is 7.05. The van der Waals surface area contributed by atoms with Gasteiger partial charge in [-0.05, 0) is 38.9 Å². The van der Waals surface area contributed by atoms with Crippen molar-refractivity contribution in [2.45, 2.75) is 25.7 Å². The molecule has 0 unspecified atom stereocenters. The van der Waals surface area contributed by atoms with Gasteiger partial charge in [0.2, 0.25) is 0 Å². The molecule has 146 valence electrons. The van der Waals surface area contributed by atoms with E-state index in [0.29, 0.717) is 5.69 Å². The Hall–Kier alpha value is -1.64. The zero-order valence-electron chi connectivity index (χ0n) is 15.8. The van der Waals surface area contributed by atoms with Crippen LogP contribution in [0.5, 0.6) is 0 Å². The molecule has 1 aromatic rings. The lowest BCUT2D eigenvalue weighted by atomic mass is 10.1. The van der Waals surface area contributed by atoms with Gasteiger partial charge in [-0.3, -0.25) is 4.90 Å². The number of nitrogen functional groups attached to an aromatic ring is 1. The zero-order chi connectivity index (χ0) is 18.0. The van der Waals surface area contributed by atoms with E-state index in [-0.39, 0.29) is 0 Å². The maximum absolute atomic E-state index is 6.24. The Morgan fingerprint density at radius 2 is 1.54 bits per heavy atom. The van der Waals surface area contributed by atoms with Crippen LogP contribution in [0.25, 0.3) is 0 Å². The van der Waals surface area contributed by atoms with Gasteiger partial charge in [0.05, 0.1) is 13.2 Å². The molecule has 2 aliphatic heterocycles. The van der Waals surface area contributed by atoms with Crippen molar-refractivity contribution in [2.75, 3.05) is 81.9 Å². The third-order valence-corrected chi connectivity index (χ3v) is 5.10. The van der Waals surface area contributed by atoms with Crippen LogP contribution in [0.1, 0.15) is 25.7 Å². The second-order valence-electron chi connectivity index (χ2n) is 7.05. The van der Waals surface area contributed by atoms with Crippen LogP contribution in [0, 0.1) is 0 Å². The molecule has 0 aliphatic carbocycles. The fourth-order valence-corrected chi connectivity index (χ4v) is 3.53. The smallest absolute Gasteiger partial charge is 0.154 e. The van der Waals surface area contributed by atoms with Crippen LogP contribution in [0.4, 0.5) is 17.3 Å². The predicted molar refractivity (Wildman–Crippen MR) is 106 cm³/mol. The van der Waals surface area contributed by atoms with Gasteiger partial charge in [-0.25, -0.2) is 9.97 Å². The van der Waals surface area contributed by atoms with E-state index in [1.807, 2.05) is 0 Å². The minimum absolute atomic E-state index is 0.609. The summed E-state index contributed by atoms with van der Waals surface area (Å²) in [6.07, 6.45) is 6.62. The first-order chi connectivity index (χ1) is 12.8. The first-order valence-electron chi connectivity index (χ1n) is 9.93. The number of hydrogen-bond donors (Lipinski definition) is 3. The molecule has 3 heterocycles. The maximum atomic E-state index is 6.24. The molecule has 1 aromatic heterocycles. The van der Waals surface area contributed by atoms with Crippen LogP contribution in [0.15, 0.2) is 6.33 Å². The lowest BCUT2D eigenvalue weighted by molar-refractivity contribution is 0.0378. The summed E-state index contributed by atoms with van der Waals surface area (Å²) in [5.74, 6) is 1.45. The fraction of sp³-hybridized carbons (Fsp3) is 0.778. The quantitative estimate of drug-likeness (QED) is 0.562. The fourth-order valence-electron chi connectivity index (χ4n) is 3.53. The number of piperidine rings is 1. The van der Waals surface area contributed by atoms with Gasteiger partial charge in [-0.2, -0.15) is 0 Å². The normalized spacial score (nSPS) is 19.4. The molecule has 0 atom stereocenters. The molecule has 0 amide bonds. The molecule has 0 aromatic carbocycles. The van der Waals surface area contributed by atoms with Crippen molar-refractivity contribution in [1.29, 1.82) is 0 Å². The van der Waals surface area contributed by atoms with Crippen molar-refractivity contribution in [3.8, 4) is 0 Å². The number of morpholine rings is 1. The predicted octanol–water partition coefficient (Wildman–Crippen LogP) is 1.09. The molecular weight excluding hydrogens is 330 g/mol. The third-order valence-electron chi connectivity index (χ3n) is 5.10. The van der Waals surface area contributed by atoms with Crippen LogP contribution in [-0.4, -0.2) is 85.3 Å². The summed E-state index contributed by atoms with van der Waals surface area (Å²) in [5, 5.41) is 6.71. The first kappa shape index (κ1) is 19.1. The van der Waals surface area contributed by atoms with Gasteiger partial charge >= 0.3 is 0 Å². The van der Waals surface area contributed by atoms with Crippen molar-refractivity contribution >= 4 is 17.3 Å². The molecule has 4 N–H and O–H groups in total. The highest BCUT2D eigenvalue weighted by Gasteiger charge is 2.12. The number of ether oxygens (including phenoxy) is 1. The molecule has 2 aliphatic rings. The van der Waals surface area contributed by atoms with Crippen molar-refractivity contribution in [2.24, 2.45) is 0 Å². The maximum Gasteiger partial charge on any atom is 0.154 e. The van der Waals surface area contributed by atoms with Crippen molar-refractivity contribution in [3.63, 3.8) is 0 Å². The Labute approximate surface area is 156 Å². The lowest BCUT2D eigenvalue weighted by Crippen LogP contribution is -2.37. The van der Waals surface area contributed by atoms with Crippen LogP contribution in [0.3, 0.4) is 0 Å². The largest absolute Gasteiger partial charge is 0.393 e. The van der Waals surface area contributed by atoms with E-state index in [4.69, 9.17) is 10.5 Å². The van der Waals surface area contributed by atoms with Gasteiger partial charge in [0.1, 0.15) is 12.0 Å². The molecule has 0 saturated carbocycles. The number of rotatable bonds is 9. The van der Waals surface area contributed by atoms with Gasteiger partial charge in [-0.1, -0.05) is 6.42 Å². The minimum Gasteiger partial charge on any atom is -0.393 e. The van der Waals surface area contributed by atoms with Gasteiger partial charge in [0.25, 0.3) is 0 Å². The number of likely N-dealkylation sites (tertiary alicyclic amines) is 1. The summed E-state index contributed by atoms with van der Waals surface area (Å²) >= 11 is 0. The van der Waals surface area contributed by atoms with Gasteiger partial charge in [0.15, 0.2) is 11.6 Å². The zero-order valence-corrected chi connectivity index (χ0v) is 15.8. The molecule has 2 fully saturated rings. The van der Waals surface area contributed by atoms with Gasteiger partial charge in [-0.15, -0.1) is 0 Å². The summed E-state index contributed by atoms with van der Waals surface area (Å²) < 4.78 is 5.37. The van der Waals surface area contributed by atoms with Crippen molar-refractivity contribution < 1.29 is 4.74 Å².